The molecule has 4 saturated carbocycles. The predicted octanol–water partition coefficient (Wildman–Crippen LogP) is 2.08. The van der Waals surface area contributed by atoms with Crippen molar-refractivity contribution in [2.45, 2.75) is 69.9 Å². The summed E-state index contributed by atoms with van der Waals surface area (Å²) in [4.78, 5) is 26.0. The van der Waals surface area contributed by atoms with Gasteiger partial charge in [-0.05, 0) is 62.7 Å². The molecule has 1 N–H and O–H groups in total. The van der Waals surface area contributed by atoms with Crippen LogP contribution in [0.2, 0.25) is 0 Å². The lowest BCUT2D eigenvalue weighted by Gasteiger charge is -2.57. The molecule has 1 aliphatic heterocycles. The largest absolute Gasteiger partial charge is 0.300 e. The van der Waals surface area contributed by atoms with Crippen LogP contribution in [0.3, 0.4) is 0 Å². The zero-order valence-corrected chi connectivity index (χ0v) is 12.9. The first kappa shape index (κ1) is 13.7. The summed E-state index contributed by atoms with van der Waals surface area (Å²) in [6.45, 7) is 2.59. The Bertz CT molecular complexity index is 438. The minimum atomic E-state index is -0.250. The predicted molar refractivity (Wildman–Crippen MR) is 79.5 cm³/mol. The smallest absolute Gasteiger partial charge is 0.246 e. The van der Waals surface area contributed by atoms with Crippen molar-refractivity contribution in [2.24, 2.45) is 17.8 Å². The topological polar surface area (TPSA) is 49.4 Å². The van der Waals surface area contributed by atoms with E-state index in [4.69, 9.17) is 0 Å². The van der Waals surface area contributed by atoms with Gasteiger partial charge < -0.3 is 0 Å². The molecule has 1 unspecified atom stereocenters. The van der Waals surface area contributed by atoms with Crippen molar-refractivity contribution in [1.82, 2.24) is 10.2 Å². The fourth-order valence-electron chi connectivity index (χ4n) is 5.91. The number of nitrogens with one attached hydrogen (secondary N) is 1. The van der Waals surface area contributed by atoms with Gasteiger partial charge in [0.2, 0.25) is 11.8 Å². The second-order valence-electron chi connectivity index (χ2n) is 7.98. The Morgan fingerprint density at radius 3 is 2.19 bits per heavy atom. The van der Waals surface area contributed by atoms with E-state index in [2.05, 4.69) is 5.32 Å². The van der Waals surface area contributed by atoms with Gasteiger partial charge in [-0.1, -0.05) is 6.92 Å². The van der Waals surface area contributed by atoms with Gasteiger partial charge in [0, 0.05) is 12.1 Å². The van der Waals surface area contributed by atoms with E-state index in [9.17, 15) is 9.59 Å². The molecule has 0 aromatic carbocycles. The first-order valence-electron chi connectivity index (χ1n) is 8.70. The minimum Gasteiger partial charge on any atom is -0.300 e. The molecular weight excluding hydrogens is 264 g/mol. The molecule has 0 aromatic rings. The van der Waals surface area contributed by atoms with Gasteiger partial charge in [-0.25, -0.2) is 0 Å². The standard InChI is InChI=1S/C17H26N2O2/c1-2-3-19-15(20)7-14(16(19)21)18-17-8-11-4-12(9-17)6-13(5-11)10-17/h11-14,18H,2-10H2,1H3. The fourth-order valence-corrected chi connectivity index (χ4v) is 5.91. The number of hydrogen-bond donors (Lipinski definition) is 1. The molecular formula is C17H26N2O2. The summed E-state index contributed by atoms with van der Waals surface area (Å²) >= 11 is 0. The maximum absolute atomic E-state index is 12.5. The van der Waals surface area contributed by atoms with E-state index in [0.29, 0.717) is 13.0 Å². The molecule has 4 bridgehead atoms. The number of nitrogens with zero attached hydrogens (tertiary/aromatic N) is 1. The monoisotopic (exact) mass is 290 g/mol. The van der Waals surface area contributed by atoms with Crippen molar-refractivity contribution < 1.29 is 9.59 Å². The van der Waals surface area contributed by atoms with E-state index in [1.54, 1.807) is 0 Å². The highest BCUT2D eigenvalue weighted by Gasteiger charge is 2.53. The molecule has 1 atom stereocenters. The van der Waals surface area contributed by atoms with E-state index in [-0.39, 0.29) is 23.4 Å². The van der Waals surface area contributed by atoms with Gasteiger partial charge in [-0.15, -0.1) is 0 Å². The molecule has 4 nitrogen and oxygen atoms in total. The first-order chi connectivity index (χ1) is 10.1. The lowest BCUT2D eigenvalue weighted by atomic mass is 9.53. The summed E-state index contributed by atoms with van der Waals surface area (Å²) in [7, 11) is 0. The number of likely N-dealkylation sites (tertiary alicyclic amines) is 1. The Morgan fingerprint density at radius 2 is 1.67 bits per heavy atom. The van der Waals surface area contributed by atoms with Crippen LogP contribution < -0.4 is 5.32 Å². The molecule has 5 aliphatic rings. The minimum absolute atomic E-state index is 0.0177. The summed E-state index contributed by atoms with van der Waals surface area (Å²) in [5.41, 5.74) is 0.164. The van der Waals surface area contributed by atoms with Crippen LogP contribution in [0.1, 0.15) is 58.3 Å². The summed E-state index contributed by atoms with van der Waals surface area (Å²) in [6, 6.07) is -0.250. The molecule has 0 radical (unpaired) electrons. The highest BCUT2D eigenvalue weighted by Crippen LogP contribution is 2.55. The van der Waals surface area contributed by atoms with Gasteiger partial charge in [-0.2, -0.15) is 0 Å². The molecule has 4 heteroatoms. The normalized spacial score (nSPS) is 44.9. The van der Waals surface area contributed by atoms with Crippen LogP contribution >= 0.6 is 0 Å². The molecule has 1 heterocycles. The average Bonchev–Trinajstić information content (AvgIpc) is 2.64. The number of rotatable bonds is 4. The summed E-state index contributed by atoms with van der Waals surface area (Å²) in [6.07, 6.45) is 9.11. The Morgan fingerprint density at radius 1 is 1.10 bits per heavy atom. The number of carbonyl (C=O) groups excluding carboxylic acids is 2. The van der Waals surface area contributed by atoms with Gasteiger partial charge in [-0.3, -0.25) is 19.8 Å². The van der Waals surface area contributed by atoms with Gasteiger partial charge in [0.1, 0.15) is 0 Å². The van der Waals surface area contributed by atoms with Crippen molar-refractivity contribution in [3.8, 4) is 0 Å². The summed E-state index contributed by atoms with van der Waals surface area (Å²) < 4.78 is 0. The highest BCUT2D eigenvalue weighted by molar-refractivity contribution is 6.05. The van der Waals surface area contributed by atoms with Crippen molar-refractivity contribution in [2.75, 3.05) is 6.54 Å². The van der Waals surface area contributed by atoms with Gasteiger partial charge >= 0.3 is 0 Å². The Hall–Kier alpha value is -0.900. The molecule has 0 aromatic heterocycles. The number of carbonyl (C=O) groups is 2. The number of amides is 2. The van der Waals surface area contributed by atoms with E-state index < -0.39 is 0 Å². The average molecular weight is 290 g/mol. The van der Waals surface area contributed by atoms with Crippen LogP contribution in [0.15, 0.2) is 0 Å². The first-order valence-corrected chi connectivity index (χ1v) is 8.70. The van der Waals surface area contributed by atoms with Gasteiger partial charge in [0.25, 0.3) is 0 Å². The molecule has 5 rings (SSSR count). The third-order valence-electron chi connectivity index (χ3n) is 6.21. The van der Waals surface area contributed by atoms with E-state index in [1.165, 1.54) is 43.4 Å². The molecule has 116 valence electrons. The lowest BCUT2D eigenvalue weighted by molar-refractivity contribution is -0.139. The maximum atomic E-state index is 12.5. The van der Waals surface area contributed by atoms with Gasteiger partial charge in [0.15, 0.2) is 0 Å². The second-order valence-corrected chi connectivity index (χ2v) is 7.98. The van der Waals surface area contributed by atoms with E-state index >= 15 is 0 Å². The van der Waals surface area contributed by atoms with E-state index in [0.717, 1.165) is 24.2 Å². The van der Waals surface area contributed by atoms with Gasteiger partial charge in [0.05, 0.1) is 12.5 Å². The molecule has 0 spiro atoms. The number of imide groups is 1. The zero-order chi connectivity index (χ0) is 14.6. The van der Waals surface area contributed by atoms with E-state index in [1.807, 2.05) is 6.92 Å². The fraction of sp³-hybridized carbons (Fsp3) is 0.882. The molecule has 2 amide bonds. The van der Waals surface area contributed by atoms with Crippen molar-refractivity contribution in [3.05, 3.63) is 0 Å². The van der Waals surface area contributed by atoms with Crippen molar-refractivity contribution >= 4 is 11.8 Å². The second kappa shape index (κ2) is 4.80. The molecule has 1 saturated heterocycles. The van der Waals surface area contributed by atoms with Crippen LogP contribution in [-0.2, 0) is 9.59 Å². The molecule has 21 heavy (non-hydrogen) atoms. The Balaban J connectivity index is 1.49. The Labute approximate surface area is 126 Å². The summed E-state index contributed by atoms with van der Waals surface area (Å²) in [5, 5.41) is 3.68. The van der Waals surface area contributed by atoms with Crippen LogP contribution in [0.4, 0.5) is 0 Å². The van der Waals surface area contributed by atoms with Crippen LogP contribution in [0, 0.1) is 17.8 Å². The zero-order valence-electron chi connectivity index (χ0n) is 12.9. The lowest BCUT2D eigenvalue weighted by Crippen LogP contribution is -2.61. The SMILES string of the molecule is CCCN1C(=O)CC(NC23CC4CC(CC(C4)C2)C3)C1=O. The van der Waals surface area contributed by atoms with Crippen LogP contribution in [0.5, 0.6) is 0 Å². The third-order valence-corrected chi connectivity index (χ3v) is 6.21. The quantitative estimate of drug-likeness (QED) is 0.807. The summed E-state index contributed by atoms with van der Waals surface area (Å²) in [5.74, 6) is 2.63. The van der Waals surface area contributed by atoms with Crippen molar-refractivity contribution in [1.29, 1.82) is 0 Å². The maximum Gasteiger partial charge on any atom is 0.246 e. The number of hydrogen-bond acceptors (Lipinski definition) is 3. The third kappa shape index (κ3) is 2.23. The van der Waals surface area contributed by atoms with Crippen molar-refractivity contribution in [3.63, 3.8) is 0 Å². The highest BCUT2D eigenvalue weighted by atomic mass is 16.2. The van der Waals surface area contributed by atoms with Crippen LogP contribution in [-0.4, -0.2) is 34.8 Å². The molecule has 5 fully saturated rings. The molecule has 4 aliphatic carbocycles. The Kier molecular flexibility index (Phi) is 3.14. The van der Waals surface area contributed by atoms with Crippen LogP contribution in [0.25, 0.3) is 0 Å².